The maximum atomic E-state index is 11.9. The van der Waals surface area contributed by atoms with Crippen LogP contribution in [0, 0.1) is 0 Å². The molecule has 2 rings (SSSR count). The molecule has 6 heteroatoms. The van der Waals surface area contributed by atoms with Crippen molar-refractivity contribution in [3.8, 4) is 17.2 Å². The second-order valence-electron chi connectivity index (χ2n) is 7.62. The van der Waals surface area contributed by atoms with E-state index in [2.05, 4.69) is 22.8 Å². The molecular formula is C22H31N2O4+. The van der Waals surface area contributed by atoms with Gasteiger partial charge >= 0.3 is 0 Å². The first-order chi connectivity index (χ1) is 13.3. The molecule has 0 aliphatic rings. The molecule has 0 radical (unpaired) electrons. The number of methoxy groups -OCH3 is 2. The molecule has 0 aromatic heterocycles. The van der Waals surface area contributed by atoms with Crippen LogP contribution in [0.25, 0.3) is 0 Å². The Balaban J connectivity index is 1.88. The molecule has 0 aliphatic heterocycles. The molecule has 152 valence electrons. The van der Waals surface area contributed by atoms with Crippen LogP contribution in [0.4, 0.5) is 0 Å². The minimum Gasteiger partial charge on any atom is -0.497 e. The van der Waals surface area contributed by atoms with Crippen LogP contribution in [-0.4, -0.2) is 32.3 Å². The molecule has 6 nitrogen and oxygen atoms in total. The zero-order chi connectivity index (χ0) is 20.6. The number of rotatable bonds is 9. The molecule has 0 bridgehead atoms. The zero-order valence-electron chi connectivity index (χ0n) is 17.4. The largest absolute Gasteiger partial charge is 0.497 e. The van der Waals surface area contributed by atoms with Gasteiger partial charge in [0.1, 0.15) is 18.8 Å². The molecule has 1 amide bonds. The molecule has 0 spiro atoms. The fourth-order valence-electron chi connectivity index (χ4n) is 2.72. The van der Waals surface area contributed by atoms with E-state index in [0.717, 1.165) is 24.4 Å². The van der Waals surface area contributed by atoms with Gasteiger partial charge in [0.05, 0.1) is 14.2 Å². The van der Waals surface area contributed by atoms with E-state index in [9.17, 15) is 4.79 Å². The van der Waals surface area contributed by atoms with Crippen molar-refractivity contribution in [2.45, 2.75) is 39.4 Å². The molecule has 28 heavy (non-hydrogen) atoms. The summed E-state index contributed by atoms with van der Waals surface area (Å²) in [6, 6.07) is 13.8. The van der Waals surface area contributed by atoms with E-state index in [1.54, 1.807) is 14.2 Å². The summed E-state index contributed by atoms with van der Waals surface area (Å²) < 4.78 is 16.2. The number of benzene rings is 2. The normalized spacial score (nSPS) is 11.0. The van der Waals surface area contributed by atoms with Crippen molar-refractivity contribution in [2.75, 3.05) is 20.8 Å². The van der Waals surface area contributed by atoms with Gasteiger partial charge in [0.15, 0.2) is 18.1 Å². The Kier molecular flexibility index (Phi) is 7.70. The summed E-state index contributed by atoms with van der Waals surface area (Å²) in [6.07, 6.45) is 0. The number of nitrogens with one attached hydrogen (secondary N) is 1. The van der Waals surface area contributed by atoms with E-state index < -0.39 is 0 Å². The molecule has 2 aromatic carbocycles. The topological polar surface area (TPSA) is 73.4 Å². The van der Waals surface area contributed by atoms with Crippen LogP contribution in [0.5, 0.6) is 17.2 Å². The number of quaternary nitrogens is 1. The molecule has 0 atom stereocenters. The van der Waals surface area contributed by atoms with E-state index in [1.807, 2.05) is 51.1 Å². The van der Waals surface area contributed by atoms with Gasteiger partial charge in [-0.2, -0.15) is 0 Å². The van der Waals surface area contributed by atoms with Gasteiger partial charge in [-0.25, -0.2) is 0 Å². The molecule has 0 heterocycles. The summed E-state index contributed by atoms with van der Waals surface area (Å²) in [7, 11) is 3.27. The van der Waals surface area contributed by atoms with Crippen LogP contribution in [0.1, 0.15) is 31.9 Å². The van der Waals surface area contributed by atoms with E-state index in [0.29, 0.717) is 11.5 Å². The molecule has 0 saturated heterocycles. The molecule has 3 N–H and O–H groups in total. The van der Waals surface area contributed by atoms with E-state index in [-0.39, 0.29) is 18.1 Å². The highest BCUT2D eigenvalue weighted by molar-refractivity contribution is 5.78. The Morgan fingerprint density at radius 3 is 2.18 bits per heavy atom. The first-order valence-electron chi connectivity index (χ1n) is 9.36. The first-order valence-corrected chi connectivity index (χ1v) is 9.36. The van der Waals surface area contributed by atoms with Crippen molar-refractivity contribution in [1.29, 1.82) is 0 Å². The number of amides is 1. The van der Waals surface area contributed by atoms with Crippen molar-refractivity contribution < 1.29 is 24.3 Å². The van der Waals surface area contributed by atoms with Crippen molar-refractivity contribution in [1.82, 2.24) is 5.32 Å². The average Bonchev–Trinajstić information content (AvgIpc) is 2.66. The molecular weight excluding hydrogens is 356 g/mol. The lowest BCUT2D eigenvalue weighted by molar-refractivity contribution is -0.686. The minimum absolute atomic E-state index is 0.0451. The third kappa shape index (κ3) is 7.12. The van der Waals surface area contributed by atoms with Crippen molar-refractivity contribution in [3.05, 3.63) is 53.6 Å². The Bertz CT molecular complexity index is 767. The Morgan fingerprint density at radius 1 is 0.929 bits per heavy atom. The standard InChI is InChI=1S/C22H30N2O4/c1-22(2,3)24-21(25)15-28-19-11-8-17(12-20(19)27-5)14-23-13-16-6-9-18(26-4)10-7-16/h6-12,23H,13-15H2,1-5H3,(H,24,25)/p+1. The fraction of sp³-hybridized carbons (Fsp3) is 0.409. The monoisotopic (exact) mass is 387 g/mol. The van der Waals surface area contributed by atoms with Crippen LogP contribution >= 0.6 is 0 Å². The fourth-order valence-corrected chi connectivity index (χ4v) is 2.72. The van der Waals surface area contributed by atoms with Crippen LogP contribution in [0.15, 0.2) is 42.5 Å². The maximum absolute atomic E-state index is 11.9. The Morgan fingerprint density at radius 2 is 1.57 bits per heavy atom. The summed E-state index contributed by atoms with van der Waals surface area (Å²) in [6.45, 7) is 7.44. The lowest BCUT2D eigenvalue weighted by atomic mass is 10.1. The minimum atomic E-state index is -0.284. The van der Waals surface area contributed by atoms with Gasteiger partial charge < -0.3 is 24.8 Å². The van der Waals surface area contributed by atoms with Gasteiger partial charge in [-0.05, 0) is 63.2 Å². The van der Waals surface area contributed by atoms with Crippen molar-refractivity contribution in [3.63, 3.8) is 0 Å². The zero-order valence-corrected chi connectivity index (χ0v) is 17.4. The summed E-state index contributed by atoms with van der Waals surface area (Å²) in [5.41, 5.74) is 2.07. The average molecular weight is 388 g/mol. The van der Waals surface area contributed by atoms with Gasteiger partial charge in [0.25, 0.3) is 5.91 Å². The second kappa shape index (κ2) is 9.99. The van der Waals surface area contributed by atoms with Gasteiger partial charge in [-0.1, -0.05) is 0 Å². The van der Waals surface area contributed by atoms with E-state index >= 15 is 0 Å². The summed E-state index contributed by atoms with van der Waals surface area (Å²) in [5.74, 6) is 1.89. The molecule has 0 unspecified atom stereocenters. The SMILES string of the molecule is COc1ccc(C[NH2+]Cc2ccc(OCC(=O)NC(C)(C)C)c(OC)c2)cc1. The van der Waals surface area contributed by atoms with Crippen LogP contribution in [-0.2, 0) is 17.9 Å². The van der Waals surface area contributed by atoms with Crippen LogP contribution in [0.3, 0.4) is 0 Å². The Labute approximate surface area is 167 Å². The van der Waals surface area contributed by atoms with E-state index in [4.69, 9.17) is 14.2 Å². The lowest BCUT2D eigenvalue weighted by Crippen LogP contribution is -2.80. The molecule has 2 aromatic rings. The summed E-state index contributed by atoms with van der Waals surface area (Å²) >= 11 is 0. The molecule has 0 fully saturated rings. The highest BCUT2D eigenvalue weighted by Crippen LogP contribution is 2.27. The highest BCUT2D eigenvalue weighted by Gasteiger charge is 2.15. The number of hydrogen-bond acceptors (Lipinski definition) is 4. The quantitative estimate of drug-likeness (QED) is 0.692. The van der Waals surface area contributed by atoms with Crippen LogP contribution < -0.4 is 24.8 Å². The van der Waals surface area contributed by atoms with Gasteiger partial charge in [-0.15, -0.1) is 0 Å². The number of carbonyl (C=O) groups is 1. The van der Waals surface area contributed by atoms with Gasteiger partial charge in [0.2, 0.25) is 0 Å². The number of hydrogen-bond donors (Lipinski definition) is 2. The molecule has 0 saturated carbocycles. The predicted molar refractivity (Wildman–Crippen MR) is 109 cm³/mol. The Hall–Kier alpha value is -2.73. The lowest BCUT2D eigenvalue weighted by Gasteiger charge is -2.20. The third-order valence-corrected chi connectivity index (χ3v) is 4.02. The smallest absolute Gasteiger partial charge is 0.258 e. The second-order valence-corrected chi connectivity index (χ2v) is 7.62. The predicted octanol–water partition coefficient (Wildman–Crippen LogP) is 2.26. The van der Waals surface area contributed by atoms with Gasteiger partial charge in [-0.3, -0.25) is 4.79 Å². The summed E-state index contributed by atoms with van der Waals surface area (Å²) in [4.78, 5) is 11.9. The van der Waals surface area contributed by atoms with Crippen LogP contribution in [0.2, 0.25) is 0 Å². The van der Waals surface area contributed by atoms with Gasteiger partial charge in [0, 0.05) is 16.7 Å². The first kappa shape index (κ1) is 21.6. The summed E-state index contributed by atoms with van der Waals surface area (Å²) in [5, 5.41) is 5.09. The number of carbonyl (C=O) groups excluding carboxylic acids is 1. The van der Waals surface area contributed by atoms with E-state index in [1.165, 1.54) is 5.56 Å². The van der Waals surface area contributed by atoms with Crippen molar-refractivity contribution in [2.24, 2.45) is 0 Å². The molecule has 0 aliphatic carbocycles. The third-order valence-electron chi connectivity index (χ3n) is 4.02. The number of nitrogens with two attached hydrogens (primary N) is 1. The highest BCUT2D eigenvalue weighted by atomic mass is 16.5. The number of ether oxygens (including phenoxy) is 3. The maximum Gasteiger partial charge on any atom is 0.258 e. The van der Waals surface area contributed by atoms with Crippen molar-refractivity contribution >= 4 is 5.91 Å².